The summed E-state index contributed by atoms with van der Waals surface area (Å²) in [7, 11) is 0. The molecule has 0 amide bonds. The Balaban J connectivity index is 2.53. The topological polar surface area (TPSA) is 38.9 Å². The van der Waals surface area contributed by atoms with Gasteiger partial charge in [0.2, 0.25) is 0 Å². The van der Waals surface area contributed by atoms with Crippen LogP contribution < -0.4 is 0 Å². The van der Waals surface area contributed by atoms with Crippen LogP contribution in [0.1, 0.15) is 12.7 Å². The van der Waals surface area contributed by atoms with E-state index >= 15 is 0 Å². The van der Waals surface area contributed by atoms with Crippen molar-refractivity contribution in [3.8, 4) is 11.5 Å². The van der Waals surface area contributed by atoms with E-state index in [-0.39, 0.29) is 0 Å². The molecule has 2 aromatic rings. The van der Waals surface area contributed by atoms with Gasteiger partial charge in [0.1, 0.15) is 16.1 Å². The Kier molecular flexibility index (Phi) is 3.21. The maximum absolute atomic E-state index is 5.35. The van der Waals surface area contributed by atoms with Gasteiger partial charge in [-0.3, -0.25) is 0 Å². The van der Waals surface area contributed by atoms with Crippen LogP contribution in [-0.2, 0) is 6.42 Å². The molecule has 2 heterocycles. The van der Waals surface area contributed by atoms with Gasteiger partial charge in [-0.05, 0) is 37.9 Å². The second kappa shape index (κ2) is 4.45. The van der Waals surface area contributed by atoms with Gasteiger partial charge in [0, 0.05) is 12.5 Å². The first-order valence-corrected chi connectivity index (χ1v) is 6.06. The highest BCUT2D eigenvalue weighted by Gasteiger charge is 2.10. The Morgan fingerprint density at radius 2 is 2.13 bits per heavy atom. The SMILES string of the molecule is CCc1nc(Br)cc(-c2occc2Br)n1. The minimum atomic E-state index is 0.729. The first-order valence-electron chi connectivity index (χ1n) is 4.47. The molecule has 0 spiro atoms. The van der Waals surface area contributed by atoms with E-state index in [2.05, 4.69) is 41.8 Å². The lowest BCUT2D eigenvalue weighted by Gasteiger charge is -2.01. The number of aromatic nitrogens is 2. The van der Waals surface area contributed by atoms with Crippen LogP contribution in [0.4, 0.5) is 0 Å². The third kappa shape index (κ3) is 2.29. The van der Waals surface area contributed by atoms with Crippen LogP contribution in [0.15, 0.2) is 31.9 Å². The minimum Gasteiger partial charge on any atom is -0.461 e. The summed E-state index contributed by atoms with van der Waals surface area (Å²) in [5.74, 6) is 1.52. The van der Waals surface area contributed by atoms with E-state index < -0.39 is 0 Å². The molecular weight excluding hydrogens is 324 g/mol. The van der Waals surface area contributed by atoms with E-state index in [4.69, 9.17) is 4.42 Å². The second-order valence-electron chi connectivity index (χ2n) is 2.94. The first kappa shape index (κ1) is 10.8. The molecule has 0 N–H and O–H groups in total. The zero-order chi connectivity index (χ0) is 10.8. The fourth-order valence-corrected chi connectivity index (χ4v) is 2.04. The molecule has 0 bridgehead atoms. The lowest BCUT2D eigenvalue weighted by atomic mass is 10.3. The Bertz CT molecular complexity index is 482. The third-order valence-corrected chi connectivity index (χ3v) is 2.94. The van der Waals surface area contributed by atoms with Crippen molar-refractivity contribution in [1.82, 2.24) is 9.97 Å². The highest BCUT2D eigenvalue weighted by Crippen LogP contribution is 2.28. The molecule has 15 heavy (non-hydrogen) atoms. The van der Waals surface area contributed by atoms with Gasteiger partial charge >= 0.3 is 0 Å². The van der Waals surface area contributed by atoms with Gasteiger partial charge in [-0.25, -0.2) is 9.97 Å². The molecule has 0 unspecified atom stereocenters. The van der Waals surface area contributed by atoms with E-state index in [0.29, 0.717) is 0 Å². The Labute approximate surface area is 104 Å². The van der Waals surface area contributed by atoms with Crippen LogP contribution in [0.25, 0.3) is 11.5 Å². The number of furan rings is 1. The zero-order valence-corrected chi connectivity index (χ0v) is 11.2. The van der Waals surface area contributed by atoms with Crippen molar-refractivity contribution in [1.29, 1.82) is 0 Å². The van der Waals surface area contributed by atoms with Gasteiger partial charge < -0.3 is 4.42 Å². The normalized spacial score (nSPS) is 10.6. The number of nitrogens with zero attached hydrogens (tertiary/aromatic N) is 2. The summed E-state index contributed by atoms with van der Waals surface area (Å²) in [6, 6.07) is 3.68. The number of halogens is 2. The Morgan fingerprint density at radius 3 is 2.73 bits per heavy atom. The summed E-state index contributed by atoms with van der Waals surface area (Å²) >= 11 is 6.76. The molecular formula is C10H8Br2N2O. The molecule has 2 rings (SSSR count). The molecule has 0 aliphatic heterocycles. The van der Waals surface area contributed by atoms with Gasteiger partial charge in [0.25, 0.3) is 0 Å². The highest BCUT2D eigenvalue weighted by atomic mass is 79.9. The quantitative estimate of drug-likeness (QED) is 0.785. The van der Waals surface area contributed by atoms with Gasteiger partial charge in [-0.2, -0.15) is 0 Å². The molecule has 0 aliphatic carbocycles. The van der Waals surface area contributed by atoms with Crippen molar-refractivity contribution in [2.75, 3.05) is 0 Å². The molecule has 78 valence electrons. The van der Waals surface area contributed by atoms with Crippen molar-refractivity contribution in [3.05, 3.63) is 33.3 Å². The maximum atomic E-state index is 5.35. The second-order valence-corrected chi connectivity index (χ2v) is 4.61. The first-order chi connectivity index (χ1) is 7.20. The monoisotopic (exact) mass is 330 g/mol. The lowest BCUT2D eigenvalue weighted by Crippen LogP contribution is -1.95. The van der Waals surface area contributed by atoms with Gasteiger partial charge in [-0.15, -0.1) is 0 Å². The smallest absolute Gasteiger partial charge is 0.166 e. The summed E-state index contributed by atoms with van der Waals surface area (Å²) in [5, 5.41) is 0. The van der Waals surface area contributed by atoms with Crippen molar-refractivity contribution in [2.24, 2.45) is 0 Å². The summed E-state index contributed by atoms with van der Waals surface area (Å²) in [5.41, 5.74) is 0.783. The van der Waals surface area contributed by atoms with E-state index in [1.165, 1.54) is 0 Å². The summed E-state index contributed by atoms with van der Waals surface area (Å²) in [6.45, 7) is 2.02. The number of aryl methyl sites for hydroxylation is 1. The van der Waals surface area contributed by atoms with Gasteiger partial charge in [0.15, 0.2) is 5.76 Å². The predicted octanol–water partition coefficient (Wildman–Crippen LogP) is 3.82. The van der Waals surface area contributed by atoms with Crippen LogP contribution in [0.3, 0.4) is 0 Å². The molecule has 0 aromatic carbocycles. The molecule has 0 saturated heterocycles. The van der Waals surface area contributed by atoms with Crippen molar-refractivity contribution < 1.29 is 4.42 Å². The molecule has 2 aromatic heterocycles. The molecule has 0 aliphatic rings. The number of rotatable bonds is 2. The van der Waals surface area contributed by atoms with Crippen LogP contribution in [0, 0.1) is 0 Å². The Hall–Kier alpha value is -0.680. The lowest BCUT2D eigenvalue weighted by molar-refractivity contribution is 0.578. The van der Waals surface area contributed by atoms with Gasteiger partial charge in [0.05, 0.1) is 10.7 Å². The third-order valence-electron chi connectivity index (χ3n) is 1.91. The average molecular weight is 332 g/mol. The largest absolute Gasteiger partial charge is 0.461 e. The number of hydrogen-bond donors (Lipinski definition) is 0. The molecule has 5 heteroatoms. The Morgan fingerprint density at radius 1 is 1.33 bits per heavy atom. The standard InChI is InChI=1S/C10H8Br2N2O/c1-2-9-13-7(5-8(12)14-9)10-6(11)3-4-15-10/h3-5H,2H2,1H3. The zero-order valence-electron chi connectivity index (χ0n) is 8.00. The highest BCUT2D eigenvalue weighted by molar-refractivity contribution is 9.10. The van der Waals surface area contributed by atoms with Crippen LogP contribution in [0.5, 0.6) is 0 Å². The molecule has 3 nitrogen and oxygen atoms in total. The predicted molar refractivity (Wildman–Crippen MR) is 64.5 cm³/mol. The molecule has 0 atom stereocenters. The molecule has 0 saturated carbocycles. The maximum Gasteiger partial charge on any atom is 0.166 e. The van der Waals surface area contributed by atoms with E-state index in [0.717, 1.165) is 32.8 Å². The minimum absolute atomic E-state index is 0.729. The van der Waals surface area contributed by atoms with Crippen LogP contribution in [0.2, 0.25) is 0 Å². The van der Waals surface area contributed by atoms with Crippen molar-refractivity contribution in [2.45, 2.75) is 13.3 Å². The van der Waals surface area contributed by atoms with E-state index in [1.54, 1.807) is 6.26 Å². The molecule has 0 radical (unpaired) electrons. The van der Waals surface area contributed by atoms with E-state index in [1.807, 2.05) is 19.1 Å². The molecule has 0 fully saturated rings. The number of hydrogen-bond acceptors (Lipinski definition) is 3. The fraction of sp³-hybridized carbons (Fsp3) is 0.200. The summed E-state index contributed by atoms with van der Waals surface area (Å²) in [6.07, 6.45) is 2.42. The van der Waals surface area contributed by atoms with Crippen LogP contribution in [-0.4, -0.2) is 9.97 Å². The summed E-state index contributed by atoms with van der Waals surface area (Å²) < 4.78 is 7.02. The van der Waals surface area contributed by atoms with Crippen molar-refractivity contribution in [3.63, 3.8) is 0 Å². The average Bonchev–Trinajstić information content (AvgIpc) is 2.63. The summed E-state index contributed by atoms with van der Waals surface area (Å²) in [4.78, 5) is 8.63. The van der Waals surface area contributed by atoms with Gasteiger partial charge in [-0.1, -0.05) is 6.92 Å². The fourth-order valence-electron chi connectivity index (χ4n) is 1.22. The van der Waals surface area contributed by atoms with E-state index in [9.17, 15) is 0 Å². The van der Waals surface area contributed by atoms with Crippen molar-refractivity contribution >= 4 is 31.9 Å². The van der Waals surface area contributed by atoms with Crippen LogP contribution >= 0.6 is 31.9 Å².